The fourth-order valence-corrected chi connectivity index (χ4v) is 4.94. The maximum atomic E-state index is 12.2. The lowest BCUT2D eigenvalue weighted by atomic mass is 9.94. The van der Waals surface area contributed by atoms with Crippen molar-refractivity contribution in [3.05, 3.63) is 45.0 Å². The number of rotatable bonds is 8. The number of anilines is 1. The molecule has 0 atom stereocenters. The molecule has 1 heterocycles. The van der Waals surface area contributed by atoms with Crippen molar-refractivity contribution in [2.45, 2.75) is 49.7 Å². The molecule has 0 bridgehead atoms. The molecule has 1 aromatic carbocycles. The van der Waals surface area contributed by atoms with Gasteiger partial charge in [0.05, 0.1) is 5.75 Å². The van der Waals surface area contributed by atoms with Crippen molar-refractivity contribution in [1.82, 2.24) is 15.3 Å². The molecule has 162 valence electrons. The Bertz CT molecular complexity index is 877. The van der Waals surface area contributed by atoms with Gasteiger partial charge in [-0.05, 0) is 37.0 Å². The standard InChI is InChI=1S/C21H25Cl3N4OS/c1-28(16-5-3-2-4-6-16)19-12-18(24)26-21(27-19)30-13-20(29)25-10-9-14-7-8-15(22)11-17(14)23/h7-8,11-12,16H,2-6,9-10,13H2,1H3,(H,25,29). The highest BCUT2D eigenvalue weighted by Gasteiger charge is 2.20. The Morgan fingerprint density at radius 2 is 1.93 bits per heavy atom. The van der Waals surface area contributed by atoms with Crippen LogP contribution in [-0.2, 0) is 11.2 Å². The first-order valence-corrected chi connectivity index (χ1v) is 12.1. The van der Waals surface area contributed by atoms with Gasteiger partial charge in [-0.15, -0.1) is 0 Å². The molecule has 0 radical (unpaired) electrons. The molecule has 1 saturated carbocycles. The molecule has 0 aliphatic heterocycles. The average molecular weight is 488 g/mol. The molecule has 2 aromatic rings. The number of benzene rings is 1. The number of nitrogens with zero attached hydrogens (tertiary/aromatic N) is 3. The first kappa shape index (κ1) is 23.5. The number of amides is 1. The van der Waals surface area contributed by atoms with Gasteiger partial charge >= 0.3 is 0 Å². The summed E-state index contributed by atoms with van der Waals surface area (Å²) in [5.74, 6) is 0.944. The molecule has 1 amide bonds. The van der Waals surface area contributed by atoms with E-state index in [1.54, 1.807) is 18.2 Å². The predicted molar refractivity (Wildman–Crippen MR) is 126 cm³/mol. The minimum Gasteiger partial charge on any atom is -0.357 e. The minimum atomic E-state index is -0.0872. The summed E-state index contributed by atoms with van der Waals surface area (Å²) in [5, 5.41) is 5.00. The Morgan fingerprint density at radius 3 is 2.67 bits per heavy atom. The van der Waals surface area contributed by atoms with Gasteiger partial charge in [0, 0.05) is 35.7 Å². The second-order valence-corrected chi connectivity index (χ2v) is 9.53. The first-order chi connectivity index (χ1) is 14.4. The van der Waals surface area contributed by atoms with Gasteiger partial charge in [-0.1, -0.05) is 71.9 Å². The molecule has 3 rings (SSSR count). The van der Waals surface area contributed by atoms with E-state index in [-0.39, 0.29) is 11.7 Å². The van der Waals surface area contributed by atoms with Crippen LogP contribution in [0.3, 0.4) is 0 Å². The molecule has 1 fully saturated rings. The van der Waals surface area contributed by atoms with Crippen molar-refractivity contribution in [2.75, 3.05) is 24.2 Å². The zero-order chi connectivity index (χ0) is 21.5. The molecule has 1 aromatic heterocycles. The molecule has 0 saturated heterocycles. The van der Waals surface area contributed by atoms with Crippen molar-refractivity contribution in [2.24, 2.45) is 0 Å². The average Bonchev–Trinajstić information content (AvgIpc) is 2.73. The van der Waals surface area contributed by atoms with Crippen LogP contribution in [0.4, 0.5) is 5.82 Å². The van der Waals surface area contributed by atoms with Crippen molar-refractivity contribution in [1.29, 1.82) is 0 Å². The molecular formula is C21H25Cl3N4OS. The van der Waals surface area contributed by atoms with Gasteiger partial charge in [0.1, 0.15) is 11.0 Å². The summed E-state index contributed by atoms with van der Waals surface area (Å²) in [7, 11) is 2.05. The highest BCUT2D eigenvalue weighted by atomic mass is 35.5. The summed E-state index contributed by atoms with van der Waals surface area (Å²) in [6.45, 7) is 0.493. The van der Waals surface area contributed by atoms with Gasteiger partial charge < -0.3 is 10.2 Å². The van der Waals surface area contributed by atoms with Crippen molar-refractivity contribution < 1.29 is 4.79 Å². The number of hydrogen-bond acceptors (Lipinski definition) is 5. The van der Waals surface area contributed by atoms with Crippen LogP contribution in [-0.4, -0.2) is 41.3 Å². The van der Waals surface area contributed by atoms with Crippen LogP contribution in [0.1, 0.15) is 37.7 Å². The summed E-state index contributed by atoms with van der Waals surface area (Å²) in [6, 6.07) is 7.63. The summed E-state index contributed by atoms with van der Waals surface area (Å²) >= 11 is 19.6. The van der Waals surface area contributed by atoms with E-state index in [2.05, 4.69) is 27.2 Å². The molecule has 5 nitrogen and oxygen atoms in total. The van der Waals surface area contributed by atoms with E-state index in [1.165, 1.54) is 43.9 Å². The lowest BCUT2D eigenvalue weighted by Gasteiger charge is -2.32. The zero-order valence-electron chi connectivity index (χ0n) is 16.8. The van der Waals surface area contributed by atoms with Gasteiger partial charge in [0.15, 0.2) is 5.16 Å². The number of carbonyl (C=O) groups is 1. The Morgan fingerprint density at radius 1 is 1.17 bits per heavy atom. The van der Waals surface area contributed by atoms with Gasteiger partial charge in [-0.2, -0.15) is 0 Å². The van der Waals surface area contributed by atoms with E-state index < -0.39 is 0 Å². The highest BCUT2D eigenvalue weighted by Crippen LogP contribution is 2.28. The molecule has 0 spiro atoms. The normalized spacial score (nSPS) is 14.5. The minimum absolute atomic E-state index is 0.0872. The second kappa shape index (κ2) is 11.4. The molecule has 9 heteroatoms. The van der Waals surface area contributed by atoms with Crippen molar-refractivity contribution in [3.63, 3.8) is 0 Å². The third-order valence-electron chi connectivity index (χ3n) is 5.21. The van der Waals surface area contributed by atoms with Crippen LogP contribution >= 0.6 is 46.6 Å². The van der Waals surface area contributed by atoms with Crippen molar-refractivity contribution in [3.8, 4) is 0 Å². The molecule has 1 aliphatic carbocycles. The number of hydrogen-bond donors (Lipinski definition) is 1. The Labute approximate surface area is 196 Å². The fourth-order valence-electron chi connectivity index (χ4n) is 3.53. The van der Waals surface area contributed by atoms with Crippen LogP contribution < -0.4 is 10.2 Å². The Balaban J connectivity index is 1.49. The molecular weight excluding hydrogens is 463 g/mol. The van der Waals surface area contributed by atoms with Crippen LogP contribution in [0.15, 0.2) is 29.4 Å². The van der Waals surface area contributed by atoms with E-state index in [1.807, 2.05) is 6.07 Å². The maximum Gasteiger partial charge on any atom is 0.230 e. The van der Waals surface area contributed by atoms with Gasteiger partial charge in [-0.25, -0.2) is 9.97 Å². The van der Waals surface area contributed by atoms with E-state index in [4.69, 9.17) is 34.8 Å². The van der Waals surface area contributed by atoms with Crippen LogP contribution in [0.2, 0.25) is 15.2 Å². The third kappa shape index (κ3) is 6.91. The van der Waals surface area contributed by atoms with Crippen LogP contribution in [0.25, 0.3) is 0 Å². The zero-order valence-corrected chi connectivity index (χ0v) is 19.9. The number of carbonyl (C=O) groups excluding carboxylic acids is 1. The SMILES string of the molecule is CN(c1cc(Cl)nc(SCC(=O)NCCc2ccc(Cl)cc2Cl)n1)C1CCCCC1. The van der Waals surface area contributed by atoms with Crippen LogP contribution in [0, 0.1) is 0 Å². The fraction of sp³-hybridized carbons (Fsp3) is 0.476. The topological polar surface area (TPSA) is 58.1 Å². The predicted octanol–water partition coefficient (Wildman–Crippen LogP) is 5.66. The Hall–Kier alpha value is -1.21. The number of nitrogens with one attached hydrogen (secondary N) is 1. The lowest BCUT2D eigenvalue weighted by molar-refractivity contribution is -0.118. The third-order valence-corrected chi connectivity index (χ3v) is 6.84. The van der Waals surface area contributed by atoms with E-state index in [0.29, 0.717) is 39.4 Å². The first-order valence-electron chi connectivity index (χ1n) is 10.0. The van der Waals surface area contributed by atoms with Crippen LogP contribution in [0.5, 0.6) is 0 Å². The van der Waals surface area contributed by atoms with E-state index >= 15 is 0 Å². The summed E-state index contributed by atoms with van der Waals surface area (Å²) < 4.78 is 0. The smallest absolute Gasteiger partial charge is 0.230 e. The Kier molecular flexibility index (Phi) is 8.93. The summed E-state index contributed by atoms with van der Waals surface area (Å²) in [5.41, 5.74) is 0.947. The van der Waals surface area contributed by atoms with E-state index in [0.717, 1.165) is 11.4 Å². The summed E-state index contributed by atoms with van der Waals surface area (Å²) in [6.07, 6.45) is 6.76. The van der Waals surface area contributed by atoms with E-state index in [9.17, 15) is 4.79 Å². The maximum absolute atomic E-state index is 12.2. The van der Waals surface area contributed by atoms with Crippen molar-refractivity contribution >= 4 is 58.3 Å². The van der Waals surface area contributed by atoms with Gasteiger partial charge in [0.2, 0.25) is 5.91 Å². The quantitative estimate of drug-likeness (QED) is 0.296. The molecule has 1 N–H and O–H groups in total. The number of thioether (sulfide) groups is 1. The lowest BCUT2D eigenvalue weighted by Crippen LogP contribution is -2.34. The largest absolute Gasteiger partial charge is 0.357 e. The molecule has 30 heavy (non-hydrogen) atoms. The number of aromatic nitrogens is 2. The monoisotopic (exact) mass is 486 g/mol. The second-order valence-electron chi connectivity index (χ2n) is 7.36. The number of halogens is 3. The molecule has 0 unspecified atom stereocenters. The highest BCUT2D eigenvalue weighted by molar-refractivity contribution is 7.99. The van der Waals surface area contributed by atoms with Gasteiger partial charge in [-0.3, -0.25) is 4.79 Å². The molecule has 1 aliphatic rings. The van der Waals surface area contributed by atoms with Gasteiger partial charge in [0.25, 0.3) is 0 Å². The summed E-state index contributed by atoms with van der Waals surface area (Å²) in [4.78, 5) is 23.3.